The number of allylic oxidation sites excluding steroid dienone is 1. The lowest BCUT2D eigenvalue weighted by atomic mass is 9.95. The van der Waals surface area contributed by atoms with Crippen molar-refractivity contribution in [2.24, 2.45) is 0 Å². The SMILES string of the molecule is CCOC(=O)/C=C1/CCCn2c1c(Cc1ccc(Cl)cc1)c1ccccc12. The van der Waals surface area contributed by atoms with Crippen LogP contribution in [0.2, 0.25) is 5.02 Å². The Bertz CT molecular complexity index is 1010. The molecule has 0 aliphatic carbocycles. The number of esters is 1. The van der Waals surface area contributed by atoms with Crippen LogP contribution >= 0.6 is 11.6 Å². The molecule has 27 heavy (non-hydrogen) atoms. The molecule has 0 bridgehead atoms. The second-order valence-corrected chi connectivity index (χ2v) is 7.26. The van der Waals surface area contributed by atoms with E-state index in [1.807, 2.05) is 19.1 Å². The first-order valence-electron chi connectivity index (χ1n) is 9.39. The maximum atomic E-state index is 12.1. The fourth-order valence-corrected chi connectivity index (χ4v) is 4.10. The summed E-state index contributed by atoms with van der Waals surface area (Å²) in [6, 6.07) is 16.5. The molecule has 2 aromatic carbocycles. The highest BCUT2D eigenvalue weighted by Crippen LogP contribution is 2.38. The van der Waals surface area contributed by atoms with E-state index in [0.29, 0.717) is 6.61 Å². The Morgan fingerprint density at radius 3 is 2.74 bits per heavy atom. The molecular weight excluding hydrogens is 358 g/mol. The highest BCUT2D eigenvalue weighted by molar-refractivity contribution is 6.30. The Balaban J connectivity index is 1.87. The summed E-state index contributed by atoms with van der Waals surface area (Å²) in [6.45, 7) is 3.19. The zero-order chi connectivity index (χ0) is 18.8. The monoisotopic (exact) mass is 379 g/mol. The molecule has 2 heterocycles. The number of nitrogens with zero attached hydrogens (tertiary/aromatic N) is 1. The topological polar surface area (TPSA) is 31.2 Å². The second-order valence-electron chi connectivity index (χ2n) is 6.82. The van der Waals surface area contributed by atoms with E-state index < -0.39 is 0 Å². The van der Waals surface area contributed by atoms with Crippen molar-refractivity contribution in [1.29, 1.82) is 0 Å². The van der Waals surface area contributed by atoms with E-state index in [9.17, 15) is 4.79 Å². The number of rotatable bonds is 4. The summed E-state index contributed by atoms with van der Waals surface area (Å²) < 4.78 is 7.52. The normalized spacial score (nSPS) is 15.1. The van der Waals surface area contributed by atoms with Gasteiger partial charge in [0.15, 0.2) is 0 Å². The second kappa shape index (κ2) is 7.61. The van der Waals surface area contributed by atoms with Crippen molar-refractivity contribution in [3.05, 3.63) is 76.5 Å². The summed E-state index contributed by atoms with van der Waals surface area (Å²) in [4.78, 5) is 12.1. The first-order valence-corrected chi connectivity index (χ1v) is 9.77. The van der Waals surface area contributed by atoms with Gasteiger partial charge in [0.1, 0.15) is 0 Å². The number of aryl methyl sites for hydroxylation is 1. The molecule has 4 heteroatoms. The molecule has 4 rings (SSSR count). The zero-order valence-electron chi connectivity index (χ0n) is 15.4. The van der Waals surface area contributed by atoms with E-state index in [-0.39, 0.29) is 5.97 Å². The van der Waals surface area contributed by atoms with Crippen molar-refractivity contribution in [3.8, 4) is 0 Å². The summed E-state index contributed by atoms with van der Waals surface area (Å²) in [5.74, 6) is -0.261. The van der Waals surface area contributed by atoms with Crippen molar-refractivity contribution >= 4 is 34.0 Å². The maximum absolute atomic E-state index is 12.1. The van der Waals surface area contributed by atoms with Crippen LogP contribution in [-0.4, -0.2) is 17.1 Å². The zero-order valence-corrected chi connectivity index (χ0v) is 16.1. The van der Waals surface area contributed by atoms with E-state index in [0.717, 1.165) is 36.4 Å². The largest absolute Gasteiger partial charge is 0.463 e. The van der Waals surface area contributed by atoms with Crippen molar-refractivity contribution in [2.45, 2.75) is 32.7 Å². The van der Waals surface area contributed by atoms with Gasteiger partial charge in [-0.25, -0.2) is 4.79 Å². The number of halogens is 1. The lowest BCUT2D eigenvalue weighted by Gasteiger charge is -2.21. The molecule has 1 aromatic heterocycles. The number of ether oxygens (including phenoxy) is 1. The first-order chi connectivity index (χ1) is 13.2. The number of benzene rings is 2. The van der Waals surface area contributed by atoms with Crippen LogP contribution < -0.4 is 0 Å². The number of carbonyl (C=O) groups excluding carboxylic acids is 1. The molecule has 3 aromatic rings. The number of hydrogen-bond acceptors (Lipinski definition) is 2. The Labute approximate surface area is 164 Å². The van der Waals surface area contributed by atoms with Gasteiger partial charge in [-0.3, -0.25) is 0 Å². The molecular formula is C23H22ClNO2. The molecule has 0 amide bonds. The molecule has 0 unspecified atom stereocenters. The summed E-state index contributed by atoms with van der Waals surface area (Å²) in [7, 11) is 0. The fraction of sp³-hybridized carbons (Fsp3) is 0.261. The Kier molecular flexibility index (Phi) is 5.04. The highest BCUT2D eigenvalue weighted by atomic mass is 35.5. The van der Waals surface area contributed by atoms with E-state index in [2.05, 4.69) is 41.0 Å². The van der Waals surface area contributed by atoms with Gasteiger partial charge < -0.3 is 9.30 Å². The summed E-state index contributed by atoms with van der Waals surface area (Å²) >= 11 is 6.05. The van der Waals surface area contributed by atoms with Crippen LogP contribution in [-0.2, 0) is 22.5 Å². The summed E-state index contributed by atoms with van der Waals surface area (Å²) in [5.41, 5.74) is 5.94. The molecule has 0 saturated heterocycles. The molecule has 0 fully saturated rings. The van der Waals surface area contributed by atoms with E-state index in [1.54, 1.807) is 6.08 Å². The van der Waals surface area contributed by atoms with Gasteiger partial charge in [0.05, 0.1) is 6.61 Å². The van der Waals surface area contributed by atoms with Crippen molar-refractivity contribution in [2.75, 3.05) is 6.61 Å². The van der Waals surface area contributed by atoms with Crippen molar-refractivity contribution in [1.82, 2.24) is 4.57 Å². The van der Waals surface area contributed by atoms with Gasteiger partial charge in [-0.2, -0.15) is 0 Å². The molecule has 0 atom stereocenters. The molecule has 138 valence electrons. The van der Waals surface area contributed by atoms with Crippen LogP contribution in [0.3, 0.4) is 0 Å². The van der Waals surface area contributed by atoms with Crippen molar-refractivity contribution < 1.29 is 9.53 Å². The van der Waals surface area contributed by atoms with Gasteiger partial charge in [-0.1, -0.05) is 41.9 Å². The predicted octanol–water partition coefficient (Wildman–Crippen LogP) is 5.63. The van der Waals surface area contributed by atoms with Crippen LogP contribution in [0.15, 0.2) is 54.6 Å². The van der Waals surface area contributed by atoms with Crippen LogP contribution in [0, 0.1) is 0 Å². The minimum Gasteiger partial charge on any atom is -0.463 e. The lowest BCUT2D eigenvalue weighted by molar-refractivity contribution is -0.137. The number of para-hydroxylation sites is 1. The minimum absolute atomic E-state index is 0.261. The van der Waals surface area contributed by atoms with Crippen LogP contribution in [0.1, 0.15) is 36.6 Å². The number of carbonyl (C=O) groups is 1. The fourth-order valence-electron chi connectivity index (χ4n) is 3.97. The molecule has 1 aliphatic heterocycles. The Morgan fingerprint density at radius 1 is 1.19 bits per heavy atom. The average Bonchev–Trinajstić information content (AvgIpc) is 2.99. The molecule has 0 spiro atoms. The third kappa shape index (κ3) is 3.52. The average molecular weight is 380 g/mol. The maximum Gasteiger partial charge on any atom is 0.331 e. The van der Waals surface area contributed by atoms with Gasteiger partial charge in [0, 0.05) is 40.7 Å². The highest BCUT2D eigenvalue weighted by Gasteiger charge is 2.24. The van der Waals surface area contributed by atoms with Crippen LogP contribution in [0.25, 0.3) is 16.5 Å². The third-order valence-electron chi connectivity index (χ3n) is 5.08. The molecule has 3 nitrogen and oxygen atoms in total. The van der Waals surface area contributed by atoms with Gasteiger partial charge >= 0.3 is 5.97 Å². The number of fused-ring (bicyclic) bond motifs is 3. The predicted molar refractivity (Wildman–Crippen MR) is 110 cm³/mol. The summed E-state index contributed by atoms with van der Waals surface area (Å²) in [6.07, 6.45) is 4.40. The molecule has 1 aliphatic rings. The van der Waals surface area contributed by atoms with Crippen molar-refractivity contribution in [3.63, 3.8) is 0 Å². The van der Waals surface area contributed by atoms with Gasteiger partial charge in [-0.15, -0.1) is 0 Å². The quantitative estimate of drug-likeness (QED) is 0.434. The lowest BCUT2D eigenvalue weighted by Crippen LogP contribution is -2.12. The standard InChI is InChI=1S/C23H22ClNO2/c1-2-27-22(26)15-17-6-5-13-25-21-8-4-3-7-19(21)20(23(17)25)14-16-9-11-18(24)12-10-16/h3-4,7-12,15H,2,5-6,13-14H2,1H3/b17-15-. The van der Waals surface area contributed by atoms with E-state index in [1.165, 1.54) is 27.7 Å². The van der Waals surface area contributed by atoms with Crippen LogP contribution in [0.4, 0.5) is 0 Å². The Morgan fingerprint density at radius 2 is 1.96 bits per heavy atom. The number of hydrogen-bond donors (Lipinski definition) is 0. The number of aromatic nitrogens is 1. The smallest absolute Gasteiger partial charge is 0.331 e. The molecule has 0 saturated carbocycles. The van der Waals surface area contributed by atoms with E-state index >= 15 is 0 Å². The third-order valence-corrected chi connectivity index (χ3v) is 5.33. The Hall–Kier alpha value is -2.52. The van der Waals surface area contributed by atoms with E-state index in [4.69, 9.17) is 16.3 Å². The van der Waals surface area contributed by atoms with Gasteiger partial charge in [0.25, 0.3) is 0 Å². The minimum atomic E-state index is -0.261. The summed E-state index contributed by atoms with van der Waals surface area (Å²) in [5, 5.41) is 1.99. The van der Waals surface area contributed by atoms with Crippen LogP contribution in [0.5, 0.6) is 0 Å². The molecule has 0 N–H and O–H groups in total. The first kappa shape index (κ1) is 17.9. The molecule has 0 radical (unpaired) electrons. The van der Waals surface area contributed by atoms with Gasteiger partial charge in [-0.05, 0) is 54.7 Å². The van der Waals surface area contributed by atoms with Gasteiger partial charge in [0.2, 0.25) is 0 Å².